The molecule has 0 radical (unpaired) electrons. The summed E-state index contributed by atoms with van der Waals surface area (Å²) in [6.45, 7) is 4.50. The minimum absolute atomic E-state index is 0.147. The fraction of sp³-hybridized carbons (Fsp3) is 0.400. The van der Waals surface area contributed by atoms with E-state index in [2.05, 4.69) is 44.1 Å². The molecule has 0 spiro atoms. The van der Waals surface area contributed by atoms with E-state index in [0.717, 1.165) is 42.7 Å². The zero-order chi connectivity index (χ0) is 14.8. The third kappa shape index (κ3) is 3.45. The summed E-state index contributed by atoms with van der Waals surface area (Å²) in [6.07, 6.45) is 2.07. The summed E-state index contributed by atoms with van der Waals surface area (Å²) in [5, 5.41) is 10.1. The largest absolute Gasteiger partial charge is 0.480 e. The number of hydrogen-bond acceptors (Lipinski definition) is 3. The van der Waals surface area contributed by atoms with Gasteiger partial charge in [-0.1, -0.05) is 15.9 Å². The third-order valence-corrected chi connectivity index (χ3v) is 4.44. The monoisotopic (exact) mass is 351 g/mol. The number of halogens is 1. The van der Waals surface area contributed by atoms with Crippen molar-refractivity contribution < 1.29 is 9.90 Å². The van der Waals surface area contributed by atoms with Crippen molar-refractivity contribution in [1.29, 1.82) is 0 Å². The van der Waals surface area contributed by atoms with Crippen LogP contribution in [-0.2, 0) is 11.3 Å². The van der Waals surface area contributed by atoms with Crippen LogP contribution in [0.15, 0.2) is 28.9 Å². The average Bonchev–Trinajstić information content (AvgIpc) is 2.83. The summed E-state index contributed by atoms with van der Waals surface area (Å²) in [7, 11) is 0. The number of piperazine rings is 1. The lowest BCUT2D eigenvalue weighted by atomic mass is 10.1. The van der Waals surface area contributed by atoms with Crippen LogP contribution < -0.4 is 0 Å². The first-order valence-electron chi connectivity index (χ1n) is 7.04. The van der Waals surface area contributed by atoms with Gasteiger partial charge in [0.25, 0.3) is 0 Å². The molecule has 5 nitrogen and oxygen atoms in total. The highest BCUT2D eigenvalue weighted by Gasteiger charge is 2.19. The summed E-state index contributed by atoms with van der Waals surface area (Å²) in [5.41, 5.74) is 2.44. The fourth-order valence-corrected chi connectivity index (χ4v) is 3.18. The zero-order valence-electron chi connectivity index (χ0n) is 11.7. The minimum atomic E-state index is -0.745. The predicted molar refractivity (Wildman–Crippen MR) is 85.4 cm³/mol. The molecule has 1 saturated heterocycles. The highest BCUT2D eigenvalue weighted by atomic mass is 79.9. The van der Waals surface area contributed by atoms with Crippen LogP contribution in [0.4, 0.5) is 0 Å². The number of hydrogen-bond donors (Lipinski definition) is 2. The van der Waals surface area contributed by atoms with E-state index in [9.17, 15) is 4.79 Å². The Balaban J connectivity index is 1.64. The number of H-pyrrole nitrogens is 1. The zero-order valence-corrected chi connectivity index (χ0v) is 13.3. The number of aromatic amines is 1. The summed E-state index contributed by atoms with van der Waals surface area (Å²) in [6, 6.07) is 6.25. The van der Waals surface area contributed by atoms with Crippen molar-refractivity contribution in [2.45, 2.75) is 6.54 Å². The van der Waals surface area contributed by atoms with E-state index < -0.39 is 5.97 Å². The van der Waals surface area contributed by atoms with Crippen LogP contribution in [0.25, 0.3) is 10.9 Å². The topological polar surface area (TPSA) is 59.6 Å². The molecule has 0 unspecified atom stereocenters. The normalized spacial score (nSPS) is 17.4. The maximum atomic E-state index is 10.7. The second kappa shape index (κ2) is 6.17. The summed E-state index contributed by atoms with van der Waals surface area (Å²) < 4.78 is 1.09. The number of rotatable bonds is 4. The Morgan fingerprint density at radius 1 is 1.24 bits per heavy atom. The second-order valence-electron chi connectivity index (χ2n) is 5.45. The third-order valence-electron chi connectivity index (χ3n) is 3.95. The van der Waals surface area contributed by atoms with Crippen molar-refractivity contribution in [3.05, 3.63) is 34.4 Å². The van der Waals surface area contributed by atoms with Crippen molar-refractivity contribution in [2.24, 2.45) is 0 Å². The average molecular weight is 352 g/mol. The molecule has 1 aliphatic heterocycles. The van der Waals surface area contributed by atoms with Crippen LogP contribution in [0.5, 0.6) is 0 Å². The van der Waals surface area contributed by atoms with Gasteiger partial charge >= 0.3 is 5.97 Å². The molecule has 2 heterocycles. The van der Waals surface area contributed by atoms with E-state index in [1.165, 1.54) is 10.9 Å². The number of nitrogens with one attached hydrogen (secondary N) is 1. The predicted octanol–water partition coefficient (Wildman–Crippen LogP) is 2.13. The Kier molecular flexibility index (Phi) is 4.28. The Morgan fingerprint density at radius 3 is 2.67 bits per heavy atom. The summed E-state index contributed by atoms with van der Waals surface area (Å²) >= 11 is 3.52. The number of carboxylic acid groups (broad SMARTS) is 1. The van der Waals surface area contributed by atoms with Crippen LogP contribution in [0.1, 0.15) is 5.56 Å². The summed E-state index contributed by atoms with van der Waals surface area (Å²) in [5.74, 6) is -0.745. The smallest absolute Gasteiger partial charge is 0.317 e. The van der Waals surface area contributed by atoms with E-state index in [-0.39, 0.29) is 6.54 Å². The number of carbonyl (C=O) groups is 1. The standard InChI is InChI=1S/C15H18BrN3O2/c16-12-1-2-14-13(7-12)11(8-17-14)9-18-3-5-19(6-4-18)10-15(20)21/h1-2,7-8,17H,3-6,9-10H2,(H,20,21). The van der Waals surface area contributed by atoms with Crippen LogP contribution in [0.2, 0.25) is 0 Å². The summed E-state index contributed by atoms with van der Waals surface area (Å²) in [4.78, 5) is 18.4. The van der Waals surface area contributed by atoms with Gasteiger partial charge in [0.05, 0.1) is 6.54 Å². The first-order valence-corrected chi connectivity index (χ1v) is 7.83. The lowest BCUT2D eigenvalue weighted by Crippen LogP contribution is -2.47. The van der Waals surface area contributed by atoms with Crippen LogP contribution in [0.3, 0.4) is 0 Å². The molecule has 0 aliphatic carbocycles. The van der Waals surface area contributed by atoms with Crippen molar-refractivity contribution >= 4 is 32.8 Å². The number of benzene rings is 1. The lowest BCUT2D eigenvalue weighted by Gasteiger charge is -2.33. The molecule has 0 bridgehead atoms. The molecule has 0 atom stereocenters. The van der Waals surface area contributed by atoms with E-state index in [0.29, 0.717) is 0 Å². The van der Waals surface area contributed by atoms with Crippen molar-refractivity contribution in [3.63, 3.8) is 0 Å². The maximum absolute atomic E-state index is 10.7. The van der Waals surface area contributed by atoms with Gasteiger partial charge in [-0.25, -0.2) is 0 Å². The SMILES string of the molecule is O=C(O)CN1CCN(Cc2c[nH]c3ccc(Br)cc23)CC1. The fourth-order valence-electron chi connectivity index (χ4n) is 2.82. The number of fused-ring (bicyclic) bond motifs is 1. The molecule has 0 amide bonds. The minimum Gasteiger partial charge on any atom is -0.480 e. The Morgan fingerprint density at radius 2 is 1.95 bits per heavy atom. The number of nitrogens with zero attached hydrogens (tertiary/aromatic N) is 2. The van der Waals surface area contributed by atoms with Gasteiger partial charge in [0.2, 0.25) is 0 Å². The Hall–Kier alpha value is -1.37. The van der Waals surface area contributed by atoms with Gasteiger partial charge in [0.15, 0.2) is 0 Å². The highest BCUT2D eigenvalue weighted by molar-refractivity contribution is 9.10. The first-order chi connectivity index (χ1) is 10.1. The van der Waals surface area contributed by atoms with Crippen molar-refractivity contribution in [2.75, 3.05) is 32.7 Å². The van der Waals surface area contributed by atoms with Gasteiger partial charge in [0.1, 0.15) is 0 Å². The maximum Gasteiger partial charge on any atom is 0.317 e. The second-order valence-corrected chi connectivity index (χ2v) is 6.37. The molecular weight excluding hydrogens is 334 g/mol. The molecule has 1 fully saturated rings. The molecule has 21 heavy (non-hydrogen) atoms. The molecule has 2 N–H and O–H groups in total. The Bertz CT molecular complexity index is 647. The van der Waals surface area contributed by atoms with Crippen LogP contribution >= 0.6 is 15.9 Å². The highest BCUT2D eigenvalue weighted by Crippen LogP contribution is 2.24. The van der Waals surface area contributed by atoms with Gasteiger partial charge in [-0.2, -0.15) is 0 Å². The number of carboxylic acids is 1. The molecule has 112 valence electrons. The van der Waals surface area contributed by atoms with E-state index in [1.807, 2.05) is 11.0 Å². The Labute approximate surface area is 131 Å². The molecule has 1 aliphatic rings. The number of aliphatic carboxylic acids is 1. The van der Waals surface area contributed by atoms with E-state index in [1.54, 1.807) is 0 Å². The quantitative estimate of drug-likeness (QED) is 0.885. The molecule has 0 saturated carbocycles. The molecule has 6 heteroatoms. The van der Waals surface area contributed by atoms with Gasteiger partial charge in [0, 0.05) is 54.3 Å². The van der Waals surface area contributed by atoms with Gasteiger partial charge in [-0.15, -0.1) is 0 Å². The molecule has 3 rings (SSSR count). The molecule has 1 aromatic carbocycles. The van der Waals surface area contributed by atoms with Gasteiger partial charge in [-0.05, 0) is 23.8 Å². The van der Waals surface area contributed by atoms with Crippen molar-refractivity contribution in [3.8, 4) is 0 Å². The van der Waals surface area contributed by atoms with Gasteiger partial charge in [-0.3, -0.25) is 14.6 Å². The van der Waals surface area contributed by atoms with Crippen molar-refractivity contribution in [1.82, 2.24) is 14.8 Å². The first kappa shape index (κ1) is 14.6. The molecule has 1 aromatic heterocycles. The van der Waals surface area contributed by atoms with Crippen LogP contribution in [0, 0.1) is 0 Å². The number of aromatic nitrogens is 1. The van der Waals surface area contributed by atoms with Crippen LogP contribution in [-0.4, -0.2) is 58.6 Å². The van der Waals surface area contributed by atoms with E-state index in [4.69, 9.17) is 5.11 Å². The molecule has 2 aromatic rings. The van der Waals surface area contributed by atoms with Gasteiger partial charge < -0.3 is 10.1 Å². The van der Waals surface area contributed by atoms with E-state index >= 15 is 0 Å². The molecular formula is C15H18BrN3O2. The lowest BCUT2D eigenvalue weighted by molar-refractivity contribution is -0.138.